The fourth-order valence-electron chi connectivity index (χ4n) is 2.01. The first-order valence-corrected chi connectivity index (χ1v) is 5.99. The van der Waals surface area contributed by atoms with Crippen LogP contribution in [0.2, 0.25) is 0 Å². The van der Waals surface area contributed by atoms with Gasteiger partial charge in [0.05, 0.1) is 19.4 Å². The second kappa shape index (κ2) is 5.84. The second-order valence-electron chi connectivity index (χ2n) is 4.45. The minimum atomic E-state index is 0.0514. The Labute approximate surface area is 101 Å². The molecular weight excluding hydrogens is 218 g/mol. The van der Waals surface area contributed by atoms with Gasteiger partial charge in [0.25, 0.3) is 0 Å². The van der Waals surface area contributed by atoms with Gasteiger partial charge in [-0.25, -0.2) is 0 Å². The molecule has 5 nitrogen and oxygen atoms in total. The number of carbonyl (C=O) groups is 1. The summed E-state index contributed by atoms with van der Waals surface area (Å²) >= 11 is 0. The highest BCUT2D eigenvalue weighted by atomic mass is 16.3. The molecule has 1 amide bonds. The zero-order valence-electron chi connectivity index (χ0n) is 10.1. The highest BCUT2D eigenvalue weighted by Crippen LogP contribution is 2.00. The lowest BCUT2D eigenvalue weighted by molar-refractivity contribution is -0.122. The average Bonchev–Trinajstić information content (AvgIpc) is 2.79. The predicted octanol–water partition coefficient (Wildman–Crippen LogP) is 0.190. The Bertz CT molecular complexity index is 351. The normalized spacial score (nSPS) is 21.4. The van der Waals surface area contributed by atoms with Crippen LogP contribution in [0.5, 0.6) is 0 Å². The molecular formula is C12H19N3O2. The van der Waals surface area contributed by atoms with Crippen LogP contribution in [0.25, 0.3) is 0 Å². The molecule has 94 valence electrons. The summed E-state index contributed by atoms with van der Waals surface area (Å²) in [6.45, 7) is 5.87. The first-order valence-electron chi connectivity index (χ1n) is 5.99. The molecule has 1 atom stereocenters. The lowest BCUT2D eigenvalue weighted by Crippen LogP contribution is -2.51. The van der Waals surface area contributed by atoms with E-state index in [1.807, 2.05) is 12.1 Å². The molecule has 5 heteroatoms. The van der Waals surface area contributed by atoms with Gasteiger partial charge in [-0.1, -0.05) is 0 Å². The molecule has 1 aromatic rings. The van der Waals surface area contributed by atoms with E-state index in [1.165, 1.54) is 0 Å². The maximum Gasteiger partial charge on any atom is 0.234 e. The van der Waals surface area contributed by atoms with E-state index in [9.17, 15) is 4.79 Å². The summed E-state index contributed by atoms with van der Waals surface area (Å²) in [4.78, 5) is 13.9. The minimum Gasteiger partial charge on any atom is -0.467 e. The van der Waals surface area contributed by atoms with Crippen molar-refractivity contribution in [1.82, 2.24) is 15.5 Å². The van der Waals surface area contributed by atoms with Gasteiger partial charge in [0.2, 0.25) is 5.91 Å². The van der Waals surface area contributed by atoms with E-state index in [4.69, 9.17) is 4.42 Å². The van der Waals surface area contributed by atoms with Crippen molar-refractivity contribution >= 4 is 5.91 Å². The van der Waals surface area contributed by atoms with Crippen molar-refractivity contribution in [2.24, 2.45) is 0 Å². The van der Waals surface area contributed by atoms with Gasteiger partial charge in [-0.15, -0.1) is 0 Å². The Morgan fingerprint density at radius 1 is 1.71 bits per heavy atom. The lowest BCUT2D eigenvalue weighted by atomic mass is 10.2. The number of carbonyl (C=O) groups excluding carboxylic acids is 1. The number of furan rings is 1. The van der Waals surface area contributed by atoms with Crippen molar-refractivity contribution in [1.29, 1.82) is 0 Å². The van der Waals surface area contributed by atoms with E-state index in [0.717, 1.165) is 25.4 Å². The van der Waals surface area contributed by atoms with Crippen molar-refractivity contribution in [2.45, 2.75) is 19.5 Å². The van der Waals surface area contributed by atoms with E-state index in [1.54, 1.807) is 6.26 Å². The summed E-state index contributed by atoms with van der Waals surface area (Å²) in [5, 5.41) is 6.20. The quantitative estimate of drug-likeness (QED) is 0.785. The minimum absolute atomic E-state index is 0.0514. The van der Waals surface area contributed by atoms with Crippen molar-refractivity contribution in [3.63, 3.8) is 0 Å². The zero-order chi connectivity index (χ0) is 12.1. The molecule has 0 unspecified atom stereocenters. The molecule has 0 saturated carbocycles. The fourth-order valence-corrected chi connectivity index (χ4v) is 2.01. The van der Waals surface area contributed by atoms with Gasteiger partial charge in [0, 0.05) is 25.7 Å². The molecule has 2 N–H and O–H groups in total. The third-order valence-electron chi connectivity index (χ3n) is 2.86. The van der Waals surface area contributed by atoms with Crippen molar-refractivity contribution in [3.8, 4) is 0 Å². The molecule has 2 rings (SSSR count). The standard InChI is InChI=1S/C12H19N3O2/c1-10-8-15(5-4-13-10)9-12(16)14-7-11-3-2-6-17-11/h2-3,6,10,13H,4-5,7-9H2,1H3,(H,14,16)/t10-/m1/s1. The Kier molecular flexibility index (Phi) is 4.17. The zero-order valence-corrected chi connectivity index (χ0v) is 10.1. The summed E-state index contributed by atoms with van der Waals surface area (Å²) < 4.78 is 5.15. The van der Waals surface area contributed by atoms with Crippen molar-refractivity contribution in [3.05, 3.63) is 24.2 Å². The number of piperazine rings is 1. The van der Waals surface area contributed by atoms with Gasteiger partial charge in [0.1, 0.15) is 5.76 Å². The molecule has 1 saturated heterocycles. The summed E-state index contributed by atoms with van der Waals surface area (Å²) in [5.41, 5.74) is 0. The fraction of sp³-hybridized carbons (Fsp3) is 0.583. The molecule has 1 fully saturated rings. The summed E-state index contributed by atoms with van der Waals surface area (Å²) in [5.74, 6) is 0.836. The highest BCUT2D eigenvalue weighted by molar-refractivity contribution is 5.77. The van der Waals surface area contributed by atoms with E-state index < -0.39 is 0 Å². The van der Waals surface area contributed by atoms with Crippen LogP contribution in [0.3, 0.4) is 0 Å². The van der Waals surface area contributed by atoms with Gasteiger partial charge in [0.15, 0.2) is 0 Å². The topological polar surface area (TPSA) is 57.5 Å². The molecule has 1 aliphatic heterocycles. The Morgan fingerprint density at radius 3 is 3.29 bits per heavy atom. The van der Waals surface area contributed by atoms with Crippen molar-refractivity contribution < 1.29 is 9.21 Å². The average molecular weight is 237 g/mol. The first-order chi connectivity index (χ1) is 8.24. The van der Waals surface area contributed by atoms with Crippen LogP contribution < -0.4 is 10.6 Å². The molecule has 2 heterocycles. The molecule has 1 aliphatic rings. The van der Waals surface area contributed by atoms with Crippen LogP contribution in [0, 0.1) is 0 Å². The smallest absolute Gasteiger partial charge is 0.234 e. The number of amides is 1. The van der Waals surface area contributed by atoms with Crippen LogP contribution in [0.4, 0.5) is 0 Å². The maximum atomic E-state index is 11.7. The maximum absolute atomic E-state index is 11.7. The molecule has 0 aliphatic carbocycles. The van der Waals surface area contributed by atoms with E-state index >= 15 is 0 Å². The van der Waals surface area contributed by atoms with Crippen LogP contribution >= 0.6 is 0 Å². The molecule has 1 aromatic heterocycles. The van der Waals surface area contributed by atoms with Gasteiger partial charge < -0.3 is 15.1 Å². The van der Waals surface area contributed by atoms with Crippen LogP contribution in [-0.2, 0) is 11.3 Å². The second-order valence-corrected chi connectivity index (χ2v) is 4.45. The van der Waals surface area contributed by atoms with Gasteiger partial charge in [-0.3, -0.25) is 9.69 Å². The third kappa shape index (κ3) is 3.87. The summed E-state index contributed by atoms with van der Waals surface area (Å²) in [6.07, 6.45) is 1.61. The predicted molar refractivity (Wildman–Crippen MR) is 64.5 cm³/mol. The Balaban J connectivity index is 1.70. The van der Waals surface area contributed by atoms with Gasteiger partial charge in [-0.2, -0.15) is 0 Å². The van der Waals surface area contributed by atoms with Crippen LogP contribution in [0.1, 0.15) is 12.7 Å². The number of nitrogens with zero attached hydrogens (tertiary/aromatic N) is 1. The molecule has 0 bridgehead atoms. The van der Waals surface area contributed by atoms with E-state index in [0.29, 0.717) is 19.1 Å². The molecule has 0 radical (unpaired) electrons. The number of nitrogens with one attached hydrogen (secondary N) is 2. The Morgan fingerprint density at radius 2 is 2.59 bits per heavy atom. The number of hydrogen-bond acceptors (Lipinski definition) is 4. The van der Waals surface area contributed by atoms with Crippen LogP contribution in [-0.4, -0.2) is 43.0 Å². The first kappa shape index (κ1) is 12.1. The van der Waals surface area contributed by atoms with Crippen LogP contribution in [0.15, 0.2) is 22.8 Å². The highest BCUT2D eigenvalue weighted by Gasteiger charge is 2.17. The van der Waals surface area contributed by atoms with Crippen molar-refractivity contribution in [2.75, 3.05) is 26.2 Å². The Hall–Kier alpha value is -1.33. The molecule has 0 aromatic carbocycles. The van der Waals surface area contributed by atoms with E-state index in [2.05, 4.69) is 22.5 Å². The number of rotatable bonds is 4. The van der Waals surface area contributed by atoms with Gasteiger partial charge >= 0.3 is 0 Å². The summed E-state index contributed by atoms with van der Waals surface area (Å²) in [6, 6.07) is 4.13. The third-order valence-corrected chi connectivity index (χ3v) is 2.86. The largest absolute Gasteiger partial charge is 0.467 e. The number of hydrogen-bond donors (Lipinski definition) is 2. The van der Waals surface area contributed by atoms with E-state index in [-0.39, 0.29) is 5.91 Å². The van der Waals surface area contributed by atoms with Gasteiger partial charge in [-0.05, 0) is 19.1 Å². The lowest BCUT2D eigenvalue weighted by Gasteiger charge is -2.31. The summed E-state index contributed by atoms with van der Waals surface area (Å²) in [7, 11) is 0. The monoisotopic (exact) mass is 237 g/mol. The molecule has 0 spiro atoms. The molecule has 17 heavy (non-hydrogen) atoms. The SMILES string of the molecule is C[C@@H]1CN(CC(=O)NCc2ccco2)CCN1.